The molecule has 0 aliphatic carbocycles. The van der Waals surface area contributed by atoms with Gasteiger partial charge in [-0.15, -0.1) is 0 Å². The highest BCUT2D eigenvalue weighted by molar-refractivity contribution is 6.14. The molecule has 0 radical (unpaired) electrons. The molecule has 2 aromatic carbocycles. The first-order chi connectivity index (χ1) is 15.8. The van der Waals surface area contributed by atoms with Crippen LogP contribution in [0.1, 0.15) is 42.3 Å². The Morgan fingerprint density at radius 3 is 2.67 bits per heavy atom. The molecule has 0 saturated heterocycles. The molecule has 4 rings (SSSR count). The van der Waals surface area contributed by atoms with E-state index < -0.39 is 0 Å². The Morgan fingerprint density at radius 1 is 1.18 bits per heavy atom. The van der Waals surface area contributed by atoms with Crippen molar-refractivity contribution in [2.45, 2.75) is 33.4 Å². The van der Waals surface area contributed by atoms with Gasteiger partial charge in [-0.2, -0.15) is 0 Å². The maximum atomic E-state index is 13.3. The van der Waals surface area contributed by atoms with Gasteiger partial charge in [-0.3, -0.25) is 10.2 Å². The van der Waals surface area contributed by atoms with Gasteiger partial charge >= 0.3 is 0 Å². The molecule has 0 aliphatic heterocycles. The summed E-state index contributed by atoms with van der Waals surface area (Å²) in [6.07, 6.45) is 1.36. The van der Waals surface area contributed by atoms with Gasteiger partial charge in [-0.1, -0.05) is 24.3 Å². The zero-order chi connectivity index (χ0) is 23.7. The van der Waals surface area contributed by atoms with E-state index in [0.717, 1.165) is 22.0 Å². The number of pyridine rings is 1. The highest BCUT2D eigenvalue weighted by Crippen LogP contribution is 2.24. The minimum atomic E-state index is -0.0304. The van der Waals surface area contributed by atoms with Crippen molar-refractivity contribution in [3.63, 3.8) is 0 Å². The molecule has 0 fully saturated rings. The Labute approximate surface area is 191 Å². The smallest absolute Gasteiger partial charge is 0.259 e. The first-order valence-corrected chi connectivity index (χ1v) is 10.7. The third-order valence-corrected chi connectivity index (χ3v) is 5.63. The van der Waals surface area contributed by atoms with Crippen molar-refractivity contribution in [2.24, 2.45) is 0 Å². The molecule has 8 heteroatoms. The highest BCUT2D eigenvalue weighted by atomic mass is 16.3. The summed E-state index contributed by atoms with van der Waals surface area (Å²) in [5, 5.41) is 21.1. The SMILES string of the molecule is Cc1cccc2cc(CNc3ncnc(N)c3C(=[NH2+])c3cccc(O)c3)n(C(C)C)c(=O)c12. The first kappa shape index (κ1) is 22.0. The van der Waals surface area contributed by atoms with Gasteiger partial charge in [0, 0.05) is 11.7 Å². The molecular weight excluding hydrogens is 416 g/mol. The number of aromatic nitrogens is 3. The number of nitrogens with zero attached hydrogens (tertiary/aromatic N) is 3. The minimum Gasteiger partial charge on any atom is -0.508 e. The predicted molar refractivity (Wildman–Crippen MR) is 130 cm³/mol. The fourth-order valence-corrected chi connectivity index (χ4v) is 4.10. The summed E-state index contributed by atoms with van der Waals surface area (Å²) < 4.78 is 1.79. The number of hydrogen-bond acceptors (Lipinski definition) is 6. The number of nitrogens with one attached hydrogen (secondary N) is 1. The molecule has 0 bridgehead atoms. The summed E-state index contributed by atoms with van der Waals surface area (Å²) in [6.45, 7) is 6.24. The lowest BCUT2D eigenvalue weighted by molar-refractivity contribution is -0.111. The molecular formula is C25H27N6O2+. The largest absolute Gasteiger partial charge is 0.508 e. The van der Waals surface area contributed by atoms with Crippen LogP contribution in [0.3, 0.4) is 0 Å². The molecule has 33 heavy (non-hydrogen) atoms. The van der Waals surface area contributed by atoms with Gasteiger partial charge in [0.2, 0.25) is 5.71 Å². The van der Waals surface area contributed by atoms with Crippen LogP contribution in [0, 0.1) is 6.92 Å². The number of hydrogen-bond donors (Lipinski definition) is 4. The van der Waals surface area contributed by atoms with Crippen molar-refractivity contribution in [1.29, 1.82) is 0 Å². The van der Waals surface area contributed by atoms with Crippen molar-refractivity contribution in [1.82, 2.24) is 14.5 Å². The zero-order valence-electron chi connectivity index (χ0n) is 18.8. The maximum absolute atomic E-state index is 13.3. The molecule has 6 N–H and O–H groups in total. The van der Waals surface area contributed by atoms with E-state index in [4.69, 9.17) is 11.1 Å². The van der Waals surface area contributed by atoms with E-state index in [1.165, 1.54) is 6.33 Å². The van der Waals surface area contributed by atoms with E-state index in [0.29, 0.717) is 29.2 Å². The van der Waals surface area contributed by atoms with Crippen molar-refractivity contribution >= 4 is 28.1 Å². The molecule has 0 saturated carbocycles. The van der Waals surface area contributed by atoms with Gasteiger partial charge in [0.1, 0.15) is 29.3 Å². The lowest BCUT2D eigenvalue weighted by Gasteiger charge is -2.19. The van der Waals surface area contributed by atoms with Gasteiger partial charge in [0.15, 0.2) is 0 Å². The van der Waals surface area contributed by atoms with Crippen LogP contribution in [0.4, 0.5) is 11.6 Å². The van der Waals surface area contributed by atoms with E-state index in [2.05, 4.69) is 15.3 Å². The standard InChI is InChI=1S/C25H26N6O2/c1-14(2)31-18(10-16-7-4-6-15(3)20(16)25(31)33)12-28-24-21(23(27)29-13-30-24)22(26)17-8-5-9-19(32)11-17/h4-11,13-14,26,32H,12H2,1-3H3,(H3,27,28,29,30)/p+1. The molecule has 0 unspecified atom stereocenters. The Kier molecular flexibility index (Phi) is 5.83. The summed E-state index contributed by atoms with van der Waals surface area (Å²) in [5.41, 5.74) is 9.26. The molecule has 4 aromatic rings. The van der Waals surface area contributed by atoms with Crippen LogP contribution < -0.4 is 22.0 Å². The van der Waals surface area contributed by atoms with Gasteiger partial charge in [0.05, 0.1) is 17.5 Å². The third-order valence-electron chi connectivity index (χ3n) is 5.63. The van der Waals surface area contributed by atoms with Gasteiger partial charge in [-0.05, 0) is 56.0 Å². The molecule has 0 atom stereocenters. The van der Waals surface area contributed by atoms with E-state index in [1.807, 2.05) is 45.0 Å². The Morgan fingerprint density at radius 2 is 1.94 bits per heavy atom. The number of phenolic OH excluding ortho intramolecular Hbond substituents is 1. The summed E-state index contributed by atoms with van der Waals surface area (Å²) >= 11 is 0. The van der Waals surface area contributed by atoms with Crippen LogP contribution in [0.2, 0.25) is 0 Å². The number of fused-ring (bicyclic) bond motifs is 1. The molecule has 0 spiro atoms. The first-order valence-electron chi connectivity index (χ1n) is 10.7. The zero-order valence-corrected chi connectivity index (χ0v) is 18.8. The number of aromatic hydroxyl groups is 1. The van der Waals surface area contributed by atoms with E-state index in [9.17, 15) is 9.90 Å². The average Bonchev–Trinajstić information content (AvgIpc) is 2.77. The monoisotopic (exact) mass is 443 g/mol. The van der Waals surface area contributed by atoms with E-state index >= 15 is 0 Å². The second kappa shape index (κ2) is 8.74. The van der Waals surface area contributed by atoms with Crippen molar-refractivity contribution in [3.8, 4) is 5.75 Å². The maximum Gasteiger partial charge on any atom is 0.259 e. The fraction of sp³-hybridized carbons (Fsp3) is 0.200. The molecule has 2 aromatic heterocycles. The van der Waals surface area contributed by atoms with Gasteiger partial charge in [-0.25, -0.2) is 9.97 Å². The Bertz CT molecular complexity index is 1420. The molecule has 8 nitrogen and oxygen atoms in total. The molecule has 0 amide bonds. The number of nitrogen functional groups attached to an aromatic ring is 1. The van der Waals surface area contributed by atoms with Crippen molar-refractivity contribution < 1.29 is 10.5 Å². The van der Waals surface area contributed by atoms with Gasteiger partial charge in [0.25, 0.3) is 5.56 Å². The number of phenols is 1. The van der Waals surface area contributed by atoms with Crippen LogP contribution >= 0.6 is 0 Å². The summed E-state index contributed by atoms with van der Waals surface area (Å²) in [5.74, 6) is 0.743. The summed E-state index contributed by atoms with van der Waals surface area (Å²) in [7, 11) is 0. The normalized spacial score (nSPS) is 11.2. The van der Waals surface area contributed by atoms with Crippen LogP contribution in [-0.2, 0) is 6.54 Å². The third kappa shape index (κ3) is 4.15. The number of anilines is 2. The average molecular weight is 444 g/mol. The van der Waals surface area contributed by atoms with Crippen molar-refractivity contribution in [2.75, 3.05) is 11.1 Å². The van der Waals surface area contributed by atoms with Crippen LogP contribution in [-0.4, -0.2) is 25.4 Å². The molecule has 0 aliphatic rings. The van der Waals surface area contributed by atoms with E-state index in [1.54, 1.807) is 28.8 Å². The Hall–Kier alpha value is -4.20. The summed E-state index contributed by atoms with van der Waals surface area (Å²) in [4.78, 5) is 21.7. The van der Waals surface area contributed by atoms with Crippen LogP contribution in [0.5, 0.6) is 5.75 Å². The predicted octanol–water partition coefficient (Wildman–Crippen LogP) is 2.18. The summed E-state index contributed by atoms with van der Waals surface area (Å²) in [6, 6.07) is 14.4. The number of benzene rings is 2. The van der Waals surface area contributed by atoms with E-state index in [-0.39, 0.29) is 23.2 Å². The molecule has 2 heterocycles. The van der Waals surface area contributed by atoms with Crippen molar-refractivity contribution in [3.05, 3.63) is 87.6 Å². The fourth-order valence-electron chi connectivity index (χ4n) is 4.10. The van der Waals surface area contributed by atoms with Gasteiger partial charge < -0.3 is 20.7 Å². The number of nitrogens with two attached hydrogens (primary N) is 2. The van der Waals surface area contributed by atoms with Crippen LogP contribution in [0.25, 0.3) is 10.8 Å². The lowest BCUT2D eigenvalue weighted by atomic mass is 10.0. The minimum absolute atomic E-state index is 0.0225. The Balaban J connectivity index is 1.75. The number of rotatable bonds is 6. The lowest BCUT2D eigenvalue weighted by Crippen LogP contribution is -2.42. The second-order valence-electron chi connectivity index (χ2n) is 8.24. The van der Waals surface area contributed by atoms with Crippen LogP contribution in [0.15, 0.2) is 59.7 Å². The second-order valence-corrected chi connectivity index (χ2v) is 8.24. The topological polar surface area (TPSA) is 132 Å². The molecule has 168 valence electrons. The highest BCUT2D eigenvalue weighted by Gasteiger charge is 2.22. The number of aryl methyl sites for hydroxylation is 1. The quantitative estimate of drug-likeness (QED) is 0.338.